The molecule has 6 nitrogen and oxygen atoms in total. The van der Waals surface area contributed by atoms with Crippen molar-refractivity contribution in [2.24, 2.45) is 0 Å². The maximum Gasteiger partial charge on any atom is 0.341 e. The van der Waals surface area contributed by atoms with E-state index < -0.39 is 28.8 Å². The van der Waals surface area contributed by atoms with E-state index in [4.69, 9.17) is 11.6 Å². The first-order chi connectivity index (χ1) is 14.2. The predicted molar refractivity (Wildman–Crippen MR) is 116 cm³/mol. The summed E-state index contributed by atoms with van der Waals surface area (Å²) in [6.45, 7) is 1.41. The lowest BCUT2D eigenvalue weighted by Crippen LogP contribution is -2.28. The van der Waals surface area contributed by atoms with Gasteiger partial charge >= 0.3 is 5.97 Å². The van der Waals surface area contributed by atoms with Crippen molar-refractivity contribution in [3.63, 3.8) is 0 Å². The summed E-state index contributed by atoms with van der Waals surface area (Å²) >= 11 is 5.90. The Morgan fingerprint density at radius 3 is 2.50 bits per heavy atom. The topological polar surface area (TPSA) is 82.8 Å². The number of carboxylic acids is 1. The number of hydrogen-bond acceptors (Lipinski definition) is 4. The molecule has 0 bridgehead atoms. The third kappa shape index (κ3) is 3.66. The summed E-state index contributed by atoms with van der Waals surface area (Å²) in [7, 11) is 3.60. The molecule has 2 aromatic carbocycles. The fraction of sp³-hybridized carbons (Fsp3) is 0.273. The van der Waals surface area contributed by atoms with Crippen molar-refractivity contribution in [3.05, 3.63) is 74.3 Å². The van der Waals surface area contributed by atoms with Gasteiger partial charge in [-0.05, 0) is 30.7 Å². The van der Waals surface area contributed by atoms with Crippen LogP contribution in [0.1, 0.15) is 34.6 Å². The second-order valence-electron chi connectivity index (χ2n) is 7.32. The van der Waals surface area contributed by atoms with E-state index in [9.17, 15) is 24.2 Å². The average molecular weight is 433 g/mol. The van der Waals surface area contributed by atoms with E-state index in [2.05, 4.69) is 0 Å². The van der Waals surface area contributed by atoms with Gasteiger partial charge in [0.2, 0.25) is 5.43 Å². The summed E-state index contributed by atoms with van der Waals surface area (Å²) in [5.41, 5.74) is 0.325. The molecule has 0 saturated heterocycles. The molecule has 0 amide bonds. The number of anilines is 1. The fourth-order valence-corrected chi connectivity index (χ4v) is 3.87. The molecule has 8 heteroatoms. The largest absolute Gasteiger partial charge is 0.477 e. The summed E-state index contributed by atoms with van der Waals surface area (Å²) in [5, 5.41) is 19.9. The maximum atomic E-state index is 14.6. The smallest absolute Gasteiger partial charge is 0.341 e. The highest BCUT2D eigenvalue weighted by molar-refractivity contribution is 6.30. The normalized spacial score (nSPS) is 12.2. The van der Waals surface area contributed by atoms with Gasteiger partial charge in [0.1, 0.15) is 11.4 Å². The average Bonchev–Trinajstić information content (AvgIpc) is 2.70. The molecule has 0 saturated carbocycles. The maximum absolute atomic E-state index is 14.6. The molecular weight excluding hydrogens is 411 g/mol. The second kappa shape index (κ2) is 8.45. The number of aliphatic hydroxyl groups excluding tert-OH is 1. The van der Waals surface area contributed by atoms with Crippen LogP contribution in [0, 0.1) is 5.82 Å². The van der Waals surface area contributed by atoms with Crippen LogP contribution in [0.4, 0.5) is 10.1 Å². The van der Waals surface area contributed by atoms with Gasteiger partial charge in [0, 0.05) is 31.6 Å². The van der Waals surface area contributed by atoms with E-state index in [0.29, 0.717) is 11.2 Å². The van der Waals surface area contributed by atoms with Gasteiger partial charge in [-0.25, -0.2) is 9.18 Å². The number of rotatable bonds is 6. The van der Waals surface area contributed by atoms with Crippen LogP contribution in [0.2, 0.25) is 5.02 Å². The quantitative estimate of drug-likeness (QED) is 0.620. The number of halogens is 2. The molecule has 3 rings (SSSR count). The zero-order valence-corrected chi connectivity index (χ0v) is 17.6. The monoisotopic (exact) mass is 432 g/mol. The Bertz CT molecular complexity index is 1190. The Labute approximate surface area is 177 Å². The Morgan fingerprint density at radius 2 is 1.90 bits per heavy atom. The predicted octanol–water partition coefficient (Wildman–Crippen LogP) is 3.70. The van der Waals surface area contributed by atoms with E-state index in [1.165, 1.54) is 12.1 Å². The Balaban J connectivity index is 2.51. The molecule has 0 aliphatic rings. The van der Waals surface area contributed by atoms with E-state index in [1.54, 1.807) is 54.8 Å². The molecular formula is C22H22ClFN2O4. The second-order valence-corrected chi connectivity index (χ2v) is 7.72. The van der Waals surface area contributed by atoms with Crippen molar-refractivity contribution >= 4 is 34.2 Å². The van der Waals surface area contributed by atoms with Crippen LogP contribution in [0.25, 0.3) is 10.9 Å². The molecule has 0 radical (unpaired) electrons. The lowest BCUT2D eigenvalue weighted by Gasteiger charge is -2.27. The highest BCUT2D eigenvalue weighted by Gasteiger charge is 2.26. The molecule has 0 aliphatic heterocycles. The van der Waals surface area contributed by atoms with E-state index in [-0.39, 0.29) is 34.7 Å². The summed E-state index contributed by atoms with van der Waals surface area (Å²) in [6.07, 6.45) is -0.175. The van der Waals surface area contributed by atoms with Crippen LogP contribution in [-0.2, 0) is 6.42 Å². The first kappa shape index (κ1) is 21.8. The van der Waals surface area contributed by atoms with Gasteiger partial charge in [-0.15, -0.1) is 0 Å². The molecule has 30 heavy (non-hydrogen) atoms. The zero-order valence-electron chi connectivity index (χ0n) is 16.8. The zero-order chi connectivity index (χ0) is 22.2. The van der Waals surface area contributed by atoms with Crippen LogP contribution in [0.3, 0.4) is 0 Å². The molecule has 0 aliphatic carbocycles. The van der Waals surface area contributed by atoms with Gasteiger partial charge in [-0.3, -0.25) is 4.79 Å². The minimum atomic E-state index is -1.41. The van der Waals surface area contributed by atoms with Crippen LogP contribution in [0.15, 0.2) is 41.2 Å². The van der Waals surface area contributed by atoms with Gasteiger partial charge in [-0.1, -0.05) is 29.8 Å². The van der Waals surface area contributed by atoms with E-state index in [0.717, 1.165) is 0 Å². The van der Waals surface area contributed by atoms with Crippen molar-refractivity contribution in [3.8, 4) is 0 Å². The minimum Gasteiger partial charge on any atom is -0.477 e. The number of para-hydroxylation sites is 1. The van der Waals surface area contributed by atoms with Crippen molar-refractivity contribution in [2.75, 3.05) is 25.6 Å². The fourth-order valence-electron chi connectivity index (χ4n) is 3.68. The summed E-state index contributed by atoms with van der Waals surface area (Å²) in [6, 6.07) is 8.92. The van der Waals surface area contributed by atoms with Crippen molar-refractivity contribution in [1.29, 1.82) is 0 Å². The Kier molecular flexibility index (Phi) is 6.14. The first-order valence-corrected chi connectivity index (χ1v) is 9.71. The summed E-state index contributed by atoms with van der Waals surface area (Å²) < 4.78 is 16.3. The van der Waals surface area contributed by atoms with Crippen LogP contribution in [-0.4, -0.2) is 41.5 Å². The first-order valence-electron chi connectivity index (χ1n) is 9.33. The molecule has 1 heterocycles. The number of carbonyl (C=O) groups is 1. The van der Waals surface area contributed by atoms with E-state index >= 15 is 0 Å². The third-order valence-electron chi connectivity index (χ3n) is 5.10. The molecule has 1 aromatic heterocycles. The molecule has 1 atom stereocenters. The number of carboxylic acid groups (broad SMARTS) is 1. The number of fused-ring (bicyclic) bond motifs is 1. The van der Waals surface area contributed by atoms with Crippen LogP contribution >= 0.6 is 11.6 Å². The van der Waals surface area contributed by atoms with Gasteiger partial charge in [-0.2, -0.15) is 0 Å². The van der Waals surface area contributed by atoms with Crippen LogP contribution < -0.4 is 10.3 Å². The number of pyridine rings is 1. The van der Waals surface area contributed by atoms with E-state index in [1.807, 2.05) is 0 Å². The molecule has 3 aromatic rings. The van der Waals surface area contributed by atoms with Gasteiger partial charge in [0.25, 0.3) is 0 Å². The van der Waals surface area contributed by atoms with Crippen LogP contribution in [0.5, 0.6) is 0 Å². The number of nitrogens with zero attached hydrogens (tertiary/aromatic N) is 2. The highest BCUT2D eigenvalue weighted by atomic mass is 35.5. The molecule has 158 valence electrons. The highest BCUT2D eigenvalue weighted by Crippen LogP contribution is 2.31. The number of aromatic carboxylic acids is 1. The Morgan fingerprint density at radius 1 is 1.23 bits per heavy atom. The Hall–Kier alpha value is -2.90. The number of benzene rings is 2. The molecule has 0 fully saturated rings. The third-order valence-corrected chi connectivity index (χ3v) is 5.39. The molecule has 1 unspecified atom stereocenters. The number of hydrogen-bond donors (Lipinski definition) is 2. The lowest BCUT2D eigenvalue weighted by molar-refractivity contribution is 0.0693. The minimum absolute atomic E-state index is 0.0942. The van der Waals surface area contributed by atoms with Gasteiger partial charge in [0.05, 0.1) is 28.9 Å². The summed E-state index contributed by atoms with van der Waals surface area (Å²) in [5.74, 6) is -2.08. The number of aliphatic hydroxyl groups is 1. The molecule has 2 N–H and O–H groups in total. The molecule has 0 spiro atoms. The van der Waals surface area contributed by atoms with Gasteiger partial charge < -0.3 is 19.7 Å². The standard InChI is InChI=1S/C22H22ClFN2O4/c1-12(11-27)26-17(10-13-6-4-8-15(23)19(13)24)18(22(29)30)21(28)14-7-5-9-16(20(14)26)25(2)3/h4-9,12,27H,10-11H2,1-3H3,(H,29,30). The SMILES string of the molecule is CC(CO)n1c(Cc2cccc(Cl)c2F)c(C(=O)O)c(=O)c2cccc(N(C)C)c21. The summed E-state index contributed by atoms with van der Waals surface area (Å²) in [4.78, 5) is 27.1. The van der Waals surface area contributed by atoms with Crippen molar-refractivity contribution in [2.45, 2.75) is 19.4 Å². The van der Waals surface area contributed by atoms with Crippen molar-refractivity contribution in [1.82, 2.24) is 4.57 Å². The lowest BCUT2D eigenvalue weighted by atomic mass is 9.99. The van der Waals surface area contributed by atoms with Crippen molar-refractivity contribution < 1.29 is 19.4 Å². The number of aromatic nitrogens is 1. The van der Waals surface area contributed by atoms with Gasteiger partial charge in [0.15, 0.2) is 0 Å².